The van der Waals surface area contributed by atoms with E-state index >= 15 is 0 Å². The first-order valence-electron chi connectivity index (χ1n) is 12.3. The van der Waals surface area contributed by atoms with Gasteiger partial charge in [0, 0.05) is 12.6 Å². The first-order valence-corrected chi connectivity index (χ1v) is 12.3. The van der Waals surface area contributed by atoms with Crippen molar-refractivity contribution in [1.82, 2.24) is 9.80 Å². The first kappa shape index (κ1) is 22.6. The number of ether oxygens (including phenoxy) is 2. The van der Waals surface area contributed by atoms with Gasteiger partial charge < -0.3 is 24.4 Å². The van der Waals surface area contributed by atoms with E-state index in [1.807, 2.05) is 24.0 Å². The number of likely N-dealkylation sites (tertiary alicyclic amines) is 1. The van der Waals surface area contributed by atoms with Crippen LogP contribution in [-0.2, 0) is 23.9 Å². The summed E-state index contributed by atoms with van der Waals surface area (Å²) in [6.45, 7) is 4.02. The lowest BCUT2D eigenvalue weighted by Crippen LogP contribution is -2.60. The Morgan fingerprint density at radius 3 is 2.55 bits per heavy atom. The summed E-state index contributed by atoms with van der Waals surface area (Å²) in [5, 5.41) is 10.1. The zero-order valence-electron chi connectivity index (χ0n) is 19.4. The highest BCUT2D eigenvalue weighted by Crippen LogP contribution is 2.57. The molecule has 3 fully saturated rings. The van der Waals surface area contributed by atoms with Crippen molar-refractivity contribution in [1.29, 1.82) is 0 Å². The molecule has 0 aromatic heterocycles. The number of carbonyl (C=O) groups is 3. The second-order valence-electron chi connectivity index (χ2n) is 10.2. The van der Waals surface area contributed by atoms with Crippen molar-refractivity contribution in [3.8, 4) is 0 Å². The molecule has 1 saturated carbocycles. The Morgan fingerprint density at radius 2 is 1.85 bits per heavy atom. The summed E-state index contributed by atoms with van der Waals surface area (Å²) in [7, 11) is 0. The van der Waals surface area contributed by atoms with Gasteiger partial charge in [-0.2, -0.15) is 0 Å². The molecule has 1 aliphatic carbocycles. The molecule has 0 bridgehead atoms. The normalized spacial score (nSPS) is 39.6. The summed E-state index contributed by atoms with van der Waals surface area (Å²) >= 11 is 0. The number of carbonyl (C=O) groups excluding carboxylic acids is 3. The van der Waals surface area contributed by atoms with Gasteiger partial charge in [-0.25, -0.2) is 0 Å². The van der Waals surface area contributed by atoms with Crippen molar-refractivity contribution < 1.29 is 29.0 Å². The Bertz CT molecular complexity index is 891. The lowest BCUT2D eigenvalue weighted by molar-refractivity contribution is -0.160. The van der Waals surface area contributed by atoms with E-state index in [1.165, 1.54) is 11.3 Å². The van der Waals surface area contributed by atoms with E-state index in [2.05, 4.69) is 0 Å². The van der Waals surface area contributed by atoms with Gasteiger partial charge in [-0.05, 0) is 32.3 Å². The molecular formula is C25H34N2O6. The van der Waals surface area contributed by atoms with Crippen molar-refractivity contribution in [3.63, 3.8) is 0 Å². The number of hydrogen-bond acceptors (Lipinski definition) is 6. The van der Waals surface area contributed by atoms with Crippen molar-refractivity contribution >= 4 is 17.8 Å². The van der Waals surface area contributed by atoms with Gasteiger partial charge in [-0.15, -0.1) is 0 Å². The van der Waals surface area contributed by atoms with Crippen molar-refractivity contribution in [2.24, 2.45) is 11.8 Å². The van der Waals surface area contributed by atoms with Crippen LogP contribution < -0.4 is 0 Å². The van der Waals surface area contributed by atoms with E-state index in [-0.39, 0.29) is 31.1 Å². The van der Waals surface area contributed by atoms with Gasteiger partial charge in [0.25, 0.3) is 0 Å². The Morgan fingerprint density at radius 1 is 1.09 bits per heavy atom. The summed E-state index contributed by atoms with van der Waals surface area (Å²) in [5.41, 5.74) is -2.33. The molecule has 4 heterocycles. The minimum absolute atomic E-state index is 0.128. The zero-order valence-corrected chi connectivity index (χ0v) is 19.4. The molecular weight excluding hydrogens is 424 g/mol. The molecule has 0 radical (unpaired) electrons. The topological polar surface area (TPSA) is 96.4 Å². The van der Waals surface area contributed by atoms with E-state index in [0.717, 1.165) is 25.7 Å². The van der Waals surface area contributed by atoms with Crippen molar-refractivity contribution in [3.05, 3.63) is 24.3 Å². The summed E-state index contributed by atoms with van der Waals surface area (Å²) in [6, 6.07) is -1.32. The number of fused-ring (bicyclic) bond motifs is 2. The molecule has 0 aromatic carbocycles. The predicted molar refractivity (Wildman–Crippen MR) is 119 cm³/mol. The second kappa shape index (κ2) is 8.24. The third-order valence-electron chi connectivity index (χ3n) is 8.37. The molecule has 180 valence electrons. The van der Waals surface area contributed by atoms with Crippen molar-refractivity contribution in [2.75, 3.05) is 19.8 Å². The largest absolute Gasteiger partial charge is 0.461 e. The lowest BCUT2D eigenvalue weighted by Gasteiger charge is -2.42. The Hall–Kier alpha value is -2.19. The number of esters is 1. The fourth-order valence-electron chi connectivity index (χ4n) is 6.84. The lowest BCUT2D eigenvalue weighted by atomic mass is 9.74. The van der Waals surface area contributed by atoms with Gasteiger partial charge >= 0.3 is 5.97 Å². The number of cyclic esters (lactones) is 1. The molecule has 5 rings (SSSR count). The molecule has 4 aliphatic heterocycles. The van der Waals surface area contributed by atoms with Crippen LogP contribution in [0.3, 0.4) is 0 Å². The Labute approximate surface area is 194 Å². The molecule has 5 aliphatic rings. The number of rotatable bonds is 4. The quantitative estimate of drug-likeness (QED) is 0.508. The fraction of sp³-hybridized carbons (Fsp3) is 0.720. The van der Waals surface area contributed by atoms with Crippen LogP contribution in [0.2, 0.25) is 0 Å². The maximum atomic E-state index is 14.2. The molecule has 8 nitrogen and oxygen atoms in total. The molecule has 2 amide bonds. The maximum Gasteiger partial charge on any atom is 0.313 e. The fourth-order valence-corrected chi connectivity index (χ4v) is 6.84. The highest BCUT2D eigenvalue weighted by molar-refractivity contribution is 5.99. The standard InChI is InChI=1S/C25H34N2O6/c1-3-16(15-28)27-20-22(30)26(17-9-5-4-6-10-17)13-7-12-25(20)18(21(27)29)19-23(31)32-14-8-11-24(19,2)33-25/h7-8,11-12,16-20,28H,3-6,9-10,13-15H2,1-2H3/t16-,18-,19-,20?,24+,25-/m0/s1. The number of aliphatic hydroxyl groups is 1. The van der Waals surface area contributed by atoms with E-state index in [1.54, 1.807) is 19.1 Å². The molecule has 1 N–H and O–H groups in total. The molecule has 2 saturated heterocycles. The van der Waals surface area contributed by atoms with Crippen LogP contribution in [0.1, 0.15) is 52.4 Å². The van der Waals surface area contributed by atoms with Crippen molar-refractivity contribution in [2.45, 2.75) is 81.7 Å². The maximum absolute atomic E-state index is 14.2. The SMILES string of the molecule is CC[C@@H](CO)N1C(=O)[C@@H]2[C@H]3C(=O)OCC=C[C@@]3(C)O[C@@]23C=CCN(C2CCCCC2)C(=O)C13. The van der Waals surface area contributed by atoms with Gasteiger partial charge in [0.05, 0.1) is 24.2 Å². The molecule has 1 spiro atoms. The van der Waals surface area contributed by atoms with Gasteiger partial charge in [0.2, 0.25) is 11.8 Å². The van der Waals surface area contributed by atoms with E-state index < -0.39 is 41.1 Å². The van der Waals surface area contributed by atoms with Crippen LogP contribution >= 0.6 is 0 Å². The summed E-state index contributed by atoms with van der Waals surface area (Å²) in [6.07, 6.45) is 13.1. The van der Waals surface area contributed by atoms with Crippen LogP contribution in [-0.4, -0.2) is 81.8 Å². The number of nitrogens with zero attached hydrogens (tertiary/aromatic N) is 2. The van der Waals surface area contributed by atoms with E-state index in [0.29, 0.717) is 13.0 Å². The monoisotopic (exact) mass is 458 g/mol. The second-order valence-corrected chi connectivity index (χ2v) is 10.2. The molecule has 0 aromatic rings. The first-order chi connectivity index (χ1) is 15.9. The molecule has 8 heteroatoms. The van der Waals surface area contributed by atoms with E-state index in [4.69, 9.17) is 9.47 Å². The minimum Gasteiger partial charge on any atom is -0.461 e. The summed E-state index contributed by atoms with van der Waals surface area (Å²) < 4.78 is 12.1. The van der Waals surface area contributed by atoms with Gasteiger partial charge in [-0.1, -0.05) is 44.4 Å². The van der Waals surface area contributed by atoms with Crippen LogP contribution in [0.25, 0.3) is 0 Å². The minimum atomic E-state index is -1.28. The van der Waals surface area contributed by atoms with E-state index in [9.17, 15) is 19.5 Å². The summed E-state index contributed by atoms with van der Waals surface area (Å²) in [4.78, 5) is 44.7. The highest BCUT2D eigenvalue weighted by Gasteiger charge is 2.75. The molecule has 33 heavy (non-hydrogen) atoms. The smallest absolute Gasteiger partial charge is 0.313 e. The Kier molecular flexibility index (Phi) is 5.64. The highest BCUT2D eigenvalue weighted by atomic mass is 16.6. The van der Waals surface area contributed by atoms with Crippen LogP contribution in [0.4, 0.5) is 0 Å². The Balaban J connectivity index is 1.64. The zero-order chi connectivity index (χ0) is 23.4. The number of aliphatic hydroxyl groups excluding tert-OH is 1. The van der Waals surface area contributed by atoms with Crippen LogP contribution in [0.5, 0.6) is 0 Å². The van der Waals surface area contributed by atoms with Gasteiger partial charge in [-0.3, -0.25) is 14.4 Å². The van der Waals surface area contributed by atoms with Gasteiger partial charge in [0.15, 0.2) is 0 Å². The number of hydrogen-bond donors (Lipinski definition) is 1. The van der Waals surface area contributed by atoms with Gasteiger partial charge in [0.1, 0.15) is 24.2 Å². The molecule has 6 atom stereocenters. The average Bonchev–Trinajstić information content (AvgIpc) is 3.07. The predicted octanol–water partition coefficient (Wildman–Crippen LogP) is 1.57. The average molecular weight is 459 g/mol. The van der Waals surface area contributed by atoms with Crippen LogP contribution in [0, 0.1) is 11.8 Å². The van der Waals surface area contributed by atoms with Crippen LogP contribution in [0.15, 0.2) is 24.3 Å². The molecule has 1 unspecified atom stereocenters. The third kappa shape index (κ3) is 3.21. The third-order valence-corrected chi connectivity index (χ3v) is 8.37. The summed E-state index contributed by atoms with van der Waals surface area (Å²) in [5.74, 6) is -2.68. The number of amides is 2.